The highest BCUT2D eigenvalue weighted by molar-refractivity contribution is 7.92. The summed E-state index contributed by atoms with van der Waals surface area (Å²) in [5.74, 6) is 1.07. The van der Waals surface area contributed by atoms with Crippen LogP contribution in [-0.4, -0.2) is 29.7 Å². The molecule has 8 heteroatoms. The number of ether oxygens (including phenoxy) is 3. The van der Waals surface area contributed by atoms with Crippen molar-refractivity contribution in [3.8, 4) is 17.2 Å². The molecular formula is C22H22FNO5S. The highest BCUT2D eigenvalue weighted by Gasteiger charge is 2.26. The summed E-state index contributed by atoms with van der Waals surface area (Å²) in [4.78, 5) is -0.0263. The Bertz CT molecular complexity index is 1090. The van der Waals surface area contributed by atoms with Crippen molar-refractivity contribution in [3.63, 3.8) is 0 Å². The zero-order chi connectivity index (χ0) is 21.7. The maximum atomic E-state index is 13.5. The smallest absolute Gasteiger partial charge is 0.264 e. The molecule has 0 aliphatic carbocycles. The lowest BCUT2D eigenvalue weighted by Gasteiger charge is -2.25. The van der Waals surface area contributed by atoms with Crippen molar-refractivity contribution in [1.29, 1.82) is 0 Å². The predicted molar refractivity (Wildman–Crippen MR) is 112 cm³/mol. The molecule has 0 spiro atoms. The van der Waals surface area contributed by atoms with Crippen LogP contribution in [0.1, 0.15) is 5.56 Å². The zero-order valence-electron chi connectivity index (χ0n) is 16.8. The fraction of sp³-hybridized carbons (Fsp3) is 0.182. The SMILES string of the molecule is COc1cc(CN(c2cccc(OC)c2)S(=O)(=O)c2ccc(F)cc2)cc(OC)c1. The molecule has 3 aromatic carbocycles. The van der Waals surface area contributed by atoms with Gasteiger partial charge < -0.3 is 14.2 Å². The normalized spacial score (nSPS) is 11.1. The van der Waals surface area contributed by atoms with E-state index >= 15 is 0 Å². The van der Waals surface area contributed by atoms with Crippen LogP contribution in [0.5, 0.6) is 17.2 Å². The molecule has 3 aromatic rings. The van der Waals surface area contributed by atoms with Gasteiger partial charge in [-0.2, -0.15) is 0 Å². The third-order valence-electron chi connectivity index (χ3n) is 4.48. The van der Waals surface area contributed by atoms with Crippen LogP contribution >= 0.6 is 0 Å². The maximum Gasteiger partial charge on any atom is 0.264 e. The van der Waals surface area contributed by atoms with Crippen LogP contribution < -0.4 is 18.5 Å². The molecule has 0 aliphatic rings. The first kappa shape index (κ1) is 21.4. The van der Waals surface area contributed by atoms with Crippen molar-refractivity contribution in [2.75, 3.05) is 25.6 Å². The summed E-state index contributed by atoms with van der Waals surface area (Å²) in [6.45, 7) is 0.000434. The van der Waals surface area contributed by atoms with E-state index in [9.17, 15) is 12.8 Å². The Hall–Kier alpha value is -3.26. The first-order valence-corrected chi connectivity index (χ1v) is 10.5. The standard InChI is InChI=1S/C22H22FNO5S/c1-27-19-6-4-5-18(13-19)24(30(25,26)22-9-7-17(23)8-10-22)15-16-11-20(28-2)14-21(12-16)29-3/h4-14H,15H2,1-3H3. The molecular weight excluding hydrogens is 409 g/mol. The van der Waals surface area contributed by atoms with Crippen LogP contribution in [0.3, 0.4) is 0 Å². The number of nitrogens with zero attached hydrogens (tertiary/aromatic N) is 1. The van der Waals surface area contributed by atoms with Crippen LogP contribution in [0.2, 0.25) is 0 Å². The topological polar surface area (TPSA) is 65.1 Å². The highest BCUT2D eigenvalue weighted by Crippen LogP contribution is 2.31. The number of benzene rings is 3. The summed E-state index contributed by atoms with van der Waals surface area (Å²) in [6.07, 6.45) is 0. The van der Waals surface area contributed by atoms with Crippen molar-refractivity contribution < 1.29 is 27.0 Å². The van der Waals surface area contributed by atoms with Crippen molar-refractivity contribution >= 4 is 15.7 Å². The van der Waals surface area contributed by atoms with Gasteiger partial charge in [-0.05, 0) is 54.1 Å². The largest absolute Gasteiger partial charge is 0.497 e. The van der Waals surface area contributed by atoms with Crippen LogP contribution in [0.25, 0.3) is 0 Å². The van der Waals surface area contributed by atoms with E-state index in [0.29, 0.717) is 28.5 Å². The third kappa shape index (κ3) is 4.65. The van der Waals surface area contributed by atoms with Crippen molar-refractivity contribution in [1.82, 2.24) is 0 Å². The Labute approximate surface area is 175 Å². The monoisotopic (exact) mass is 431 g/mol. The van der Waals surface area contributed by atoms with E-state index in [0.717, 1.165) is 12.1 Å². The van der Waals surface area contributed by atoms with Crippen molar-refractivity contribution in [2.24, 2.45) is 0 Å². The minimum atomic E-state index is -4.00. The van der Waals surface area contributed by atoms with E-state index in [-0.39, 0.29) is 11.4 Å². The minimum Gasteiger partial charge on any atom is -0.497 e. The number of hydrogen-bond donors (Lipinski definition) is 0. The number of rotatable bonds is 8. The van der Waals surface area contributed by atoms with Gasteiger partial charge in [-0.1, -0.05) is 6.07 Å². The summed E-state index contributed by atoms with van der Waals surface area (Å²) < 4.78 is 57.3. The second-order valence-electron chi connectivity index (χ2n) is 6.39. The zero-order valence-corrected chi connectivity index (χ0v) is 17.6. The number of sulfonamides is 1. The molecule has 0 radical (unpaired) electrons. The van der Waals surface area contributed by atoms with Crippen LogP contribution in [0.15, 0.2) is 71.6 Å². The average Bonchev–Trinajstić information content (AvgIpc) is 2.77. The fourth-order valence-corrected chi connectivity index (χ4v) is 4.38. The summed E-state index contributed by atoms with van der Waals surface area (Å²) >= 11 is 0. The van der Waals surface area contributed by atoms with Gasteiger partial charge in [-0.25, -0.2) is 12.8 Å². The number of hydrogen-bond acceptors (Lipinski definition) is 5. The van der Waals surface area contributed by atoms with E-state index < -0.39 is 15.8 Å². The fourth-order valence-electron chi connectivity index (χ4n) is 2.94. The van der Waals surface area contributed by atoms with Gasteiger partial charge in [0.2, 0.25) is 0 Å². The quantitative estimate of drug-likeness (QED) is 0.534. The maximum absolute atomic E-state index is 13.5. The average molecular weight is 431 g/mol. The summed E-state index contributed by atoms with van der Waals surface area (Å²) in [7, 11) is 0.544. The second-order valence-corrected chi connectivity index (χ2v) is 8.25. The van der Waals surface area contributed by atoms with E-state index in [1.807, 2.05) is 0 Å². The van der Waals surface area contributed by atoms with E-state index in [1.54, 1.807) is 42.5 Å². The molecule has 0 fully saturated rings. The lowest BCUT2D eigenvalue weighted by Crippen LogP contribution is -2.30. The number of halogens is 1. The molecule has 0 saturated heterocycles. The van der Waals surface area contributed by atoms with Gasteiger partial charge in [0.25, 0.3) is 10.0 Å². The third-order valence-corrected chi connectivity index (χ3v) is 6.27. The van der Waals surface area contributed by atoms with E-state index in [1.165, 1.54) is 37.8 Å². The molecule has 0 amide bonds. The van der Waals surface area contributed by atoms with Crippen molar-refractivity contribution in [3.05, 3.63) is 78.1 Å². The van der Waals surface area contributed by atoms with Crippen LogP contribution in [-0.2, 0) is 16.6 Å². The summed E-state index contributed by atoms with van der Waals surface area (Å²) in [5, 5.41) is 0. The Morgan fingerprint density at radius 3 is 1.97 bits per heavy atom. The van der Waals surface area contributed by atoms with Crippen LogP contribution in [0, 0.1) is 5.82 Å². The van der Waals surface area contributed by atoms with Gasteiger partial charge in [0.05, 0.1) is 38.5 Å². The molecule has 0 bridgehead atoms. The summed E-state index contributed by atoms with van der Waals surface area (Å²) in [6, 6.07) is 16.6. The molecule has 30 heavy (non-hydrogen) atoms. The van der Waals surface area contributed by atoms with Gasteiger partial charge >= 0.3 is 0 Å². The van der Waals surface area contributed by atoms with Crippen molar-refractivity contribution in [2.45, 2.75) is 11.4 Å². The Morgan fingerprint density at radius 2 is 1.40 bits per heavy atom. The molecule has 158 valence electrons. The molecule has 0 atom stereocenters. The minimum absolute atomic E-state index is 0.000434. The molecule has 0 aromatic heterocycles. The Kier molecular flexibility index (Phi) is 6.47. The van der Waals surface area contributed by atoms with E-state index in [2.05, 4.69) is 0 Å². The van der Waals surface area contributed by atoms with Gasteiger partial charge in [0, 0.05) is 12.1 Å². The predicted octanol–water partition coefficient (Wildman–Crippen LogP) is 4.25. The highest BCUT2D eigenvalue weighted by atomic mass is 32.2. The van der Waals surface area contributed by atoms with Gasteiger partial charge in [-0.3, -0.25) is 4.31 Å². The van der Waals surface area contributed by atoms with Gasteiger partial charge in [0.1, 0.15) is 23.1 Å². The molecule has 3 rings (SSSR count). The van der Waals surface area contributed by atoms with Gasteiger partial charge in [-0.15, -0.1) is 0 Å². The molecule has 0 N–H and O–H groups in total. The lowest BCUT2D eigenvalue weighted by atomic mass is 10.2. The van der Waals surface area contributed by atoms with E-state index in [4.69, 9.17) is 14.2 Å². The number of methoxy groups -OCH3 is 3. The number of anilines is 1. The Balaban J connectivity index is 2.11. The lowest BCUT2D eigenvalue weighted by molar-refractivity contribution is 0.393. The first-order chi connectivity index (χ1) is 14.4. The van der Waals surface area contributed by atoms with Gasteiger partial charge in [0.15, 0.2) is 0 Å². The summed E-state index contributed by atoms with van der Waals surface area (Å²) in [5.41, 5.74) is 1.06. The molecule has 6 nitrogen and oxygen atoms in total. The molecule has 0 unspecified atom stereocenters. The van der Waals surface area contributed by atoms with Crippen LogP contribution in [0.4, 0.5) is 10.1 Å². The first-order valence-electron chi connectivity index (χ1n) is 9.01. The Morgan fingerprint density at radius 1 is 0.800 bits per heavy atom. The molecule has 0 aliphatic heterocycles. The second kappa shape index (κ2) is 9.04. The molecule has 0 saturated carbocycles. The molecule has 0 heterocycles.